The lowest BCUT2D eigenvalue weighted by Gasteiger charge is -2.08. The maximum absolute atomic E-state index is 12.8. The average molecular weight is 473 g/mol. The molecule has 1 amide bonds. The van der Waals surface area contributed by atoms with Gasteiger partial charge in [0.05, 0.1) is 40.9 Å². The summed E-state index contributed by atoms with van der Waals surface area (Å²) in [6.07, 6.45) is 1.60. The summed E-state index contributed by atoms with van der Waals surface area (Å²) in [6, 6.07) is 9.03. The molecule has 0 unspecified atom stereocenters. The molecule has 0 aliphatic rings. The second kappa shape index (κ2) is 8.78. The van der Waals surface area contributed by atoms with E-state index in [1.165, 1.54) is 22.2 Å². The van der Waals surface area contributed by atoms with Gasteiger partial charge in [0.1, 0.15) is 5.01 Å². The quantitative estimate of drug-likeness (QED) is 0.442. The van der Waals surface area contributed by atoms with Crippen LogP contribution in [0, 0.1) is 13.8 Å². The highest BCUT2D eigenvalue weighted by atomic mass is 35.5. The van der Waals surface area contributed by atoms with Crippen LogP contribution >= 0.6 is 34.5 Å². The second-order valence-corrected chi connectivity index (χ2v) is 9.02. The molecule has 9 heteroatoms. The van der Waals surface area contributed by atoms with Gasteiger partial charge in [-0.15, -0.1) is 11.3 Å². The summed E-state index contributed by atoms with van der Waals surface area (Å²) in [4.78, 5) is 34.0. The lowest BCUT2D eigenvalue weighted by molar-refractivity contribution is -0.115. The van der Waals surface area contributed by atoms with Gasteiger partial charge in [-0.1, -0.05) is 35.3 Å². The number of benzene rings is 2. The molecule has 0 spiro atoms. The number of halogens is 2. The maximum Gasteiger partial charge on any atom is 0.261 e. The first-order valence-electron chi connectivity index (χ1n) is 9.45. The van der Waals surface area contributed by atoms with E-state index < -0.39 is 0 Å². The molecule has 158 valence electrons. The molecule has 0 radical (unpaired) electrons. The van der Waals surface area contributed by atoms with Crippen molar-refractivity contribution in [2.75, 3.05) is 5.32 Å². The molecular formula is C22H18Cl2N4O2S. The Kier molecular flexibility index (Phi) is 6.09. The number of anilines is 1. The molecule has 0 fully saturated rings. The van der Waals surface area contributed by atoms with Crippen LogP contribution in [0.15, 0.2) is 46.8 Å². The number of hydrogen-bond acceptors (Lipinski definition) is 5. The van der Waals surface area contributed by atoms with Crippen LogP contribution in [0.4, 0.5) is 5.69 Å². The fourth-order valence-electron chi connectivity index (χ4n) is 3.19. The second-order valence-electron chi connectivity index (χ2n) is 7.24. The van der Waals surface area contributed by atoms with Crippen LogP contribution in [0.1, 0.15) is 21.8 Å². The van der Waals surface area contributed by atoms with E-state index in [1.807, 2.05) is 37.4 Å². The molecule has 2 aromatic carbocycles. The van der Waals surface area contributed by atoms with Gasteiger partial charge in [-0.25, -0.2) is 9.97 Å². The zero-order chi connectivity index (χ0) is 22.1. The Bertz CT molecular complexity index is 1360. The zero-order valence-electron chi connectivity index (χ0n) is 16.8. The van der Waals surface area contributed by atoms with Crippen molar-refractivity contribution in [2.24, 2.45) is 0 Å². The van der Waals surface area contributed by atoms with Crippen molar-refractivity contribution in [3.05, 3.63) is 84.3 Å². The smallest absolute Gasteiger partial charge is 0.261 e. The zero-order valence-corrected chi connectivity index (χ0v) is 19.1. The average Bonchev–Trinajstić information content (AvgIpc) is 3.14. The van der Waals surface area contributed by atoms with Crippen molar-refractivity contribution in [3.63, 3.8) is 0 Å². The highest BCUT2D eigenvalue weighted by Gasteiger charge is 2.13. The number of carbonyl (C=O) groups excluding carboxylic acids is 1. The van der Waals surface area contributed by atoms with E-state index in [1.54, 1.807) is 12.1 Å². The Hall–Kier alpha value is -2.74. The Morgan fingerprint density at radius 3 is 2.81 bits per heavy atom. The fourth-order valence-corrected chi connectivity index (χ4v) is 4.51. The molecule has 31 heavy (non-hydrogen) atoms. The third-order valence-electron chi connectivity index (χ3n) is 4.76. The molecule has 0 aliphatic heterocycles. The summed E-state index contributed by atoms with van der Waals surface area (Å²) in [6.45, 7) is 4.17. The van der Waals surface area contributed by atoms with Crippen LogP contribution in [0.2, 0.25) is 10.0 Å². The summed E-state index contributed by atoms with van der Waals surface area (Å²) >= 11 is 13.5. The number of amides is 1. The Morgan fingerprint density at radius 1 is 1.19 bits per heavy atom. The van der Waals surface area contributed by atoms with Gasteiger partial charge in [0, 0.05) is 16.1 Å². The molecule has 0 atom stereocenters. The minimum Gasteiger partial charge on any atom is -0.325 e. The largest absolute Gasteiger partial charge is 0.325 e. The number of nitrogens with one attached hydrogen (secondary N) is 1. The number of thiazole rings is 1. The molecule has 4 aromatic rings. The topological polar surface area (TPSA) is 76.9 Å². The monoisotopic (exact) mass is 472 g/mol. The summed E-state index contributed by atoms with van der Waals surface area (Å²) in [7, 11) is 0. The summed E-state index contributed by atoms with van der Waals surface area (Å²) in [5.41, 5.74) is 3.71. The molecule has 2 heterocycles. The van der Waals surface area contributed by atoms with Gasteiger partial charge in [0.15, 0.2) is 0 Å². The molecule has 0 saturated carbocycles. The Morgan fingerprint density at radius 2 is 2.00 bits per heavy atom. The van der Waals surface area contributed by atoms with Gasteiger partial charge in [0.2, 0.25) is 5.91 Å². The number of rotatable bonds is 5. The molecule has 2 aromatic heterocycles. The SMILES string of the molecule is Cc1ccc(C)c(NC(=O)Cc2nc(Cn3cnc4c(Cl)cc(Cl)cc4c3=O)cs2)c1. The van der Waals surface area contributed by atoms with E-state index in [0.29, 0.717) is 31.6 Å². The number of aryl methyl sites for hydroxylation is 2. The first-order valence-corrected chi connectivity index (χ1v) is 11.1. The first kappa shape index (κ1) is 21.5. The van der Waals surface area contributed by atoms with Crippen molar-refractivity contribution in [3.8, 4) is 0 Å². The third kappa shape index (κ3) is 4.79. The van der Waals surface area contributed by atoms with E-state index >= 15 is 0 Å². The number of carbonyl (C=O) groups is 1. The lowest BCUT2D eigenvalue weighted by Crippen LogP contribution is -2.21. The number of nitrogens with zero attached hydrogens (tertiary/aromatic N) is 3. The van der Waals surface area contributed by atoms with E-state index in [0.717, 1.165) is 16.8 Å². The summed E-state index contributed by atoms with van der Waals surface area (Å²) in [5.74, 6) is -0.136. The van der Waals surface area contributed by atoms with Crippen LogP contribution in [0.3, 0.4) is 0 Å². The van der Waals surface area contributed by atoms with E-state index in [-0.39, 0.29) is 24.4 Å². The minimum absolute atomic E-state index is 0.136. The van der Waals surface area contributed by atoms with Crippen molar-refractivity contribution < 1.29 is 4.79 Å². The van der Waals surface area contributed by atoms with E-state index in [9.17, 15) is 9.59 Å². The minimum atomic E-state index is -0.253. The molecule has 1 N–H and O–H groups in total. The van der Waals surface area contributed by atoms with Crippen LogP contribution in [0.25, 0.3) is 10.9 Å². The molecule has 4 rings (SSSR count). The fraction of sp³-hybridized carbons (Fsp3) is 0.182. The van der Waals surface area contributed by atoms with Crippen LogP contribution in [-0.4, -0.2) is 20.4 Å². The highest BCUT2D eigenvalue weighted by molar-refractivity contribution is 7.09. The molecule has 6 nitrogen and oxygen atoms in total. The molecular weight excluding hydrogens is 455 g/mol. The number of hydrogen-bond donors (Lipinski definition) is 1. The predicted molar refractivity (Wildman–Crippen MR) is 125 cm³/mol. The normalized spacial score (nSPS) is 11.1. The number of fused-ring (bicyclic) bond motifs is 1. The third-order valence-corrected chi connectivity index (χ3v) is 6.16. The standard InChI is InChI=1S/C22H18Cl2N4O2S/c1-12-3-4-13(2)18(5-12)27-19(29)8-20-26-15(10-31-20)9-28-11-25-21-16(22(28)30)6-14(23)7-17(21)24/h3-7,10-11H,8-9H2,1-2H3,(H,27,29). The summed E-state index contributed by atoms with van der Waals surface area (Å²) < 4.78 is 1.45. The summed E-state index contributed by atoms with van der Waals surface area (Å²) in [5, 5.41) is 6.50. The highest BCUT2D eigenvalue weighted by Crippen LogP contribution is 2.24. The van der Waals surface area contributed by atoms with Crippen molar-refractivity contribution in [2.45, 2.75) is 26.8 Å². The van der Waals surface area contributed by atoms with Crippen LogP contribution in [-0.2, 0) is 17.8 Å². The number of aromatic nitrogens is 3. The molecule has 0 saturated heterocycles. The van der Waals surface area contributed by atoms with E-state index in [2.05, 4.69) is 15.3 Å². The van der Waals surface area contributed by atoms with Crippen molar-refractivity contribution in [1.29, 1.82) is 0 Å². The van der Waals surface area contributed by atoms with Crippen molar-refractivity contribution in [1.82, 2.24) is 14.5 Å². The van der Waals surface area contributed by atoms with Gasteiger partial charge in [-0.3, -0.25) is 14.2 Å². The Balaban J connectivity index is 1.49. The molecule has 0 aliphatic carbocycles. The van der Waals surface area contributed by atoms with Gasteiger partial charge in [-0.05, 0) is 43.2 Å². The molecule has 0 bridgehead atoms. The van der Waals surface area contributed by atoms with Gasteiger partial charge in [-0.2, -0.15) is 0 Å². The maximum atomic E-state index is 12.8. The Labute approximate surface area is 192 Å². The van der Waals surface area contributed by atoms with Crippen LogP contribution < -0.4 is 10.9 Å². The predicted octanol–water partition coefficient (Wildman–Crippen LogP) is 5.01. The van der Waals surface area contributed by atoms with Crippen LogP contribution in [0.5, 0.6) is 0 Å². The lowest BCUT2D eigenvalue weighted by atomic mass is 10.1. The van der Waals surface area contributed by atoms with Gasteiger partial charge < -0.3 is 5.32 Å². The van der Waals surface area contributed by atoms with E-state index in [4.69, 9.17) is 23.2 Å². The van der Waals surface area contributed by atoms with Gasteiger partial charge in [0.25, 0.3) is 5.56 Å². The van der Waals surface area contributed by atoms with Crippen molar-refractivity contribution >= 4 is 57.0 Å². The first-order chi connectivity index (χ1) is 14.8. The van der Waals surface area contributed by atoms with Gasteiger partial charge >= 0.3 is 0 Å².